The van der Waals surface area contributed by atoms with Gasteiger partial charge in [0.15, 0.2) is 0 Å². The van der Waals surface area contributed by atoms with Crippen LogP contribution in [-0.4, -0.2) is 16.1 Å². The van der Waals surface area contributed by atoms with Crippen molar-refractivity contribution in [2.75, 3.05) is 0 Å². The minimum absolute atomic E-state index is 0.171. The normalized spacial score (nSPS) is 17.3. The highest BCUT2D eigenvalue weighted by Crippen LogP contribution is 2.29. The van der Waals surface area contributed by atoms with E-state index in [1.54, 1.807) is 0 Å². The molecule has 5 heteroatoms. The van der Waals surface area contributed by atoms with E-state index in [1.807, 2.05) is 13.0 Å². The van der Waals surface area contributed by atoms with Gasteiger partial charge in [0.2, 0.25) is 5.88 Å². The summed E-state index contributed by atoms with van der Waals surface area (Å²) in [6.45, 7) is 1.85. The zero-order valence-electron chi connectivity index (χ0n) is 10.1. The third-order valence-corrected chi connectivity index (χ3v) is 2.74. The average Bonchev–Trinajstić information content (AvgIpc) is 2.27. The van der Waals surface area contributed by atoms with Gasteiger partial charge in [0.05, 0.1) is 0 Å². The average molecular weight is 246 g/mol. The molecule has 0 aliphatic carbocycles. The summed E-state index contributed by atoms with van der Waals surface area (Å²) in [5.41, 5.74) is 0.296. The van der Waals surface area contributed by atoms with Crippen molar-refractivity contribution in [3.05, 3.63) is 32.5 Å². The number of aromatic amines is 2. The fourth-order valence-electron chi connectivity index (χ4n) is 2.02. The molecule has 0 fully saturated rings. The maximum Gasteiger partial charge on any atom is 0.328 e. The molecule has 0 bridgehead atoms. The minimum atomic E-state index is -0.559. The molecule has 0 amide bonds. The van der Waals surface area contributed by atoms with Crippen molar-refractivity contribution >= 4 is 5.57 Å². The molecule has 1 aliphatic heterocycles. The lowest BCUT2D eigenvalue weighted by molar-refractivity contribution is 0.251. The van der Waals surface area contributed by atoms with Crippen LogP contribution in [0.3, 0.4) is 0 Å². The number of rotatable bonds is 3. The molecule has 0 radical (unpaired) electrons. The fourth-order valence-corrected chi connectivity index (χ4v) is 2.02. The summed E-state index contributed by atoms with van der Waals surface area (Å²) in [6.07, 6.45) is 9.07. The van der Waals surface area contributed by atoms with Gasteiger partial charge in [0.1, 0.15) is 11.7 Å². The van der Waals surface area contributed by atoms with E-state index in [-0.39, 0.29) is 12.0 Å². The molecule has 18 heavy (non-hydrogen) atoms. The topological polar surface area (TPSA) is 75.0 Å². The van der Waals surface area contributed by atoms with E-state index in [0.717, 1.165) is 12.0 Å². The predicted octanol–water partition coefficient (Wildman–Crippen LogP) is 1.03. The zero-order chi connectivity index (χ0) is 13.1. The summed E-state index contributed by atoms with van der Waals surface area (Å²) in [5.74, 6) is 2.81. The molecule has 94 valence electrons. The predicted molar refractivity (Wildman–Crippen MR) is 68.4 cm³/mol. The SMILES string of the molecule is C#CCCCC1=CC(C)Oc2[nH]c(=O)[nH]c(=O)c21. The van der Waals surface area contributed by atoms with Crippen molar-refractivity contribution < 1.29 is 4.74 Å². The Hall–Kier alpha value is -2.22. The summed E-state index contributed by atoms with van der Waals surface area (Å²) >= 11 is 0. The van der Waals surface area contributed by atoms with Crippen molar-refractivity contribution in [3.8, 4) is 18.2 Å². The van der Waals surface area contributed by atoms with E-state index in [1.165, 1.54) is 0 Å². The van der Waals surface area contributed by atoms with Crippen LogP contribution in [0.2, 0.25) is 0 Å². The van der Waals surface area contributed by atoms with Gasteiger partial charge >= 0.3 is 5.69 Å². The maximum atomic E-state index is 11.8. The van der Waals surface area contributed by atoms with Crippen molar-refractivity contribution in [1.82, 2.24) is 9.97 Å². The third-order valence-electron chi connectivity index (χ3n) is 2.74. The van der Waals surface area contributed by atoms with Gasteiger partial charge in [-0.2, -0.15) is 0 Å². The maximum absolute atomic E-state index is 11.8. The van der Waals surface area contributed by atoms with E-state index in [2.05, 4.69) is 15.9 Å². The molecule has 1 aromatic heterocycles. The molecule has 0 saturated heterocycles. The minimum Gasteiger partial charge on any atom is -0.471 e. The number of allylic oxidation sites excluding steroid dienone is 1. The van der Waals surface area contributed by atoms with Crippen LogP contribution in [0, 0.1) is 12.3 Å². The van der Waals surface area contributed by atoms with Gasteiger partial charge in [-0.3, -0.25) is 14.8 Å². The van der Waals surface area contributed by atoms with Crippen molar-refractivity contribution in [2.24, 2.45) is 0 Å². The fraction of sp³-hybridized carbons (Fsp3) is 0.385. The van der Waals surface area contributed by atoms with E-state index in [9.17, 15) is 9.59 Å². The second-order valence-electron chi connectivity index (χ2n) is 4.18. The Kier molecular flexibility index (Phi) is 3.38. The molecule has 1 unspecified atom stereocenters. The van der Waals surface area contributed by atoms with Crippen LogP contribution in [0.1, 0.15) is 31.7 Å². The summed E-state index contributed by atoms with van der Waals surface area (Å²) in [6, 6.07) is 0. The second kappa shape index (κ2) is 4.96. The lowest BCUT2D eigenvalue weighted by Crippen LogP contribution is -2.30. The van der Waals surface area contributed by atoms with E-state index < -0.39 is 11.2 Å². The smallest absolute Gasteiger partial charge is 0.328 e. The van der Waals surface area contributed by atoms with Crippen LogP contribution in [0.5, 0.6) is 5.88 Å². The number of ether oxygens (including phenoxy) is 1. The lowest BCUT2D eigenvalue weighted by atomic mass is 9.98. The molecule has 1 aromatic rings. The Morgan fingerprint density at radius 2 is 2.22 bits per heavy atom. The first-order valence-corrected chi connectivity index (χ1v) is 5.79. The van der Waals surface area contributed by atoms with Gasteiger partial charge in [0, 0.05) is 6.42 Å². The van der Waals surface area contributed by atoms with E-state index >= 15 is 0 Å². The Balaban J connectivity index is 2.41. The zero-order valence-corrected chi connectivity index (χ0v) is 10.1. The molecule has 0 saturated carbocycles. The van der Waals surface area contributed by atoms with Crippen LogP contribution in [-0.2, 0) is 0 Å². The first-order valence-electron chi connectivity index (χ1n) is 5.79. The number of hydrogen-bond donors (Lipinski definition) is 2. The summed E-state index contributed by atoms with van der Waals surface area (Å²) in [7, 11) is 0. The van der Waals surface area contributed by atoms with Crippen LogP contribution in [0.4, 0.5) is 0 Å². The number of terminal acetylenes is 1. The van der Waals surface area contributed by atoms with Crippen LogP contribution in [0.25, 0.3) is 5.57 Å². The monoisotopic (exact) mass is 246 g/mol. The van der Waals surface area contributed by atoms with Gasteiger partial charge < -0.3 is 4.74 Å². The molecule has 1 aliphatic rings. The number of unbranched alkanes of at least 4 members (excludes halogenated alkanes) is 1. The highest BCUT2D eigenvalue weighted by Gasteiger charge is 2.21. The first kappa shape index (κ1) is 12.2. The number of hydrogen-bond acceptors (Lipinski definition) is 3. The Morgan fingerprint density at radius 3 is 2.94 bits per heavy atom. The van der Waals surface area contributed by atoms with Gasteiger partial charge in [-0.1, -0.05) is 0 Å². The van der Waals surface area contributed by atoms with E-state index in [4.69, 9.17) is 11.2 Å². The Labute approximate surface area is 104 Å². The van der Waals surface area contributed by atoms with Crippen LogP contribution in [0.15, 0.2) is 15.7 Å². The highest BCUT2D eigenvalue weighted by molar-refractivity contribution is 5.70. The number of nitrogens with one attached hydrogen (secondary N) is 2. The number of aromatic nitrogens is 2. The molecule has 0 aromatic carbocycles. The molecular formula is C13H14N2O3. The summed E-state index contributed by atoms with van der Waals surface area (Å²) < 4.78 is 5.44. The van der Waals surface area contributed by atoms with Gasteiger partial charge in [-0.15, -0.1) is 12.3 Å². The molecule has 5 nitrogen and oxygen atoms in total. The number of H-pyrrole nitrogens is 2. The van der Waals surface area contributed by atoms with Crippen molar-refractivity contribution in [2.45, 2.75) is 32.3 Å². The highest BCUT2D eigenvalue weighted by atomic mass is 16.5. The second-order valence-corrected chi connectivity index (χ2v) is 4.18. The van der Waals surface area contributed by atoms with Gasteiger partial charge in [-0.05, 0) is 31.4 Å². The summed E-state index contributed by atoms with van der Waals surface area (Å²) in [4.78, 5) is 27.7. The molecule has 2 N–H and O–H groups in total. The van der Waals surface area contributed by atoms with Crippen molar-refractivity contribution in [1.29, 1.82) is 0 Å². The van der Waals surface area contributed by atoms with E-state index in [0.29, 0.717) is 18.4 Å². The summed E-state index contributed by atoms with van der Waals surface area (Å²) in [5, 5.41) is 0. The Bertz CT molecular complexity index is 631. The lowest BCUT2D eigenvalue weighted by Gasteiger charge is -2.21. The number of fused-ring (bicyclic) bond motifs is 1. The van der Waals surface area contributed by atoms with Crippen LogP contribution < -0.4 is 16.0 Å². The largest absolute Gasteiger partial charge is 0.471 e. The first-order chi connectivity index (χ1) is 8.61. The molecule has 1 atom stereocenters. The quantitative estimate of drug-likeness (QED) is 0.618. The standard InChI is InChI=1S/C13H14N2O3/c1-3-4-5-6-9-7-8(2)18-12-10(9)11(16)14-13(17)15-12/h1,7-8H,4-6H2,2H3,(H2,14,15,16,17). The third kappa shape index (κ3) is 2.38. The van der Waals surface area contributed by atoms with Gasteiger partial charge in [-0.25, -0.2) is 4.79 Å². The molecule has 2 heterocycles. The molecule has 0 spiro atoms. The van der Waals surface area contributed by atoms with Crippen molar-refractivity contribution in [3.63, 3.8) is 0 Å². The van der Waals surface area contributed by atoms with Gasteiger partial charge in [0.25, 0.3) is 5.56 Å². The molecular weight excluding hydrogens is 232 g/mol. The molecule has 2 rings (SSSR count). The Morgan fingerprint density at radius 1 is 1.44 bits per heavy atom. The van der Waals surface area contributed by atoms with Crippen LogP contribution >= 0.6 is 0 Å².